The first-order valence-corrected chi connectivity index (χ1v) is 8.33. The SMILES string of the molecule is CCOc1ccc(-n2c(C)cc3c2CCC(C(=O)C(F)(F)F)C3=O)cc1. The molecule has 0 saturated heterocycles. The lowest BCUT2D eigenvalue weighted by molar-refractivity contribution is -0.174. The lowest BCUT2D eigenvalue weighted by atomic mass is 9.83. The van der Waals surface area contributed by atoms with Crippen molar-refractivity contribution in [3.8, 4) is 11.4 Å². The van der Waals surface area contributed by atoms with Crippen molar-refractivity contribution < 1.29 is 27.5 Å². The topological polar surface area (TPSA) is 48.3 Å². The van der Waals surface area contributed by atoms with Crippen molar-refractivity contribution in [1.29, 1.82) is 0 Å². The van der Waals surface area contributed by atoms with Gasteiger partial charge in [-0.1, -0.05) is 0 Å². The monoisotopic (exact) mass is 365 g/mol. The molecule has 26 heavy (non-hydrogen) atoms. The van der Waals surface area contributed by atoms with E-state index in [0.717, 1.165) is 11.4 Å². The average Bonchev–Trinajstić information content (AvgIpc) is 2.92. The summed E-state index contributed by atoms with van der Waals surface area (Å²) in [5, 5.41) is 0. The zero-order valence-electron chi connectivity index (χ0n) is 14.4. The minimum absolute atomic E-state index is 0.134. The van der Waals surface area contributed by atoms with Crippen LogP contribution in [0.15, 0.2) is 30.3 Å². The van der Waals surface area contributed by atoms with Gasteiger partial charge in [-0.15, -0.1) is 0 Å². The van der Waals surface area contributed by atoms with Crippen molar-refractivity contribution in [1.82, 2.24) is 4.57 Å². The molecule has 0 amide bonds. The first kappa shape index (κ1) is 18.2. The normalized spacial score (nSPS) is 17.1. The standard InChI is InChI=1S/C19H18F3NO3/c1-3-26-13-6-4-12(5-7-13)23-11(2)10-15-16(23)9-8-14(17(15)24)18(25)19(20,21)22/h4-7,10,14H,3,8-9H2,1-2H3. The smallest absolute Gasteiger partial charge is 0.450 e. The third kappa shape index (κ3) is 3.13. The molecule has 1 aromatic heterocycles. The molecule has 0 N–H and O–H groups in total. The van der Waals surface area contributed by atoms with Crippen LogP contribution in [0, 0.1) is 12.8 Å². The van der Waals surface area contributed by atoms with Gasteiger partial charge in [0.15, 0.2) is 5.78 Å². The number of fused-ring (bicyclic) bond motifs is 1. The summed E-state index contributed by atoms with van der Waals surface area (Å²) < 4.78 is 45.4. The van der Waals surface area contributed by atoms with E-state index in [1.165, 1.54) is 0 Å². The summed E-state index contributed by atoms with van der Waals surface area (Å²) in [6.07, 6.45) is -4.90. The summed E-state index contributed by atoms with van der Waals surface area (Å²) in [5.41, 5.74) is 2.36. The zero-order chi connectivity index (χ0) is 19.1. The number of hydrogen-bond donors (Lipinski definition) is 0. The zero-order valence-corrected chi connectivity index (χ0v) is 14.4. The van der Waals surface area contributed by atoms with E-state index >= 15 is 0 Å². The number of Topliss-reactive ketones (excluding diaryl/α,β-unsaturated/α-hetero) is 2. The molecule has 1 aromatic carbocycles. The first-order valence-electron chi connectivity index (χ1n) is 8.33. The fourth-order valence-corrected chi connectivity index (χ4v) is 3.42. The van der Waals surface area contributed by atoms with Gasteiger partial charge in [-0.05, 0) is 57.0 Å². The highest BCUT2D eigenvalue weighted by atomic mass is 19.4. The first-order chi connectivity index (χ1) is 12.2. The van der Waals surface area contributed by atoms with E-state index in [-0.39, 0.29) is 18.4 Å². The molecule has 138 valence electrons. The van der Waals surface area contributed by atoms with E-state index in [1.807, 2.05) is 23.6 Å². The maximum absolute atomic E-state index is 12.7. The fraction of sp³-hybridized carbons (Fsp3) is 0.368. The highest BCUT2D eigenvalue weighted by Crippen LogP contribution is 2.34. The quantitative estimate of drug-likeness (QED) is 0.768. The molecule has 1 heterocycles. The molecule has 1 unspecified atom stereocenters. The Kier molecular flexibility index (Phi) is 4.64. The van der Waals surface area contributed by atoms with Crippen LogP contribution in [0.25, 0.3) is 5.69 Å². The highest BCUT2D eigenvalue weighted by molar-refractivity contribution is 6.13. The third-order valence-electron chi connectivity index (χ3n) is 4.54. The van der Waals surface area contributed by atoms with E-state index in [9.17, 15) is 22.8 Å². The molecule has 0 fully saturated rings. The number of nitrogens with zero attached hydrogens (tertiary/aromatic N) is 1. The number of halogens is 3. The minimum atomic E-state index is -5.00. The van der Waals surface area contributed by atoms with Crippen LogP contribution in [-0.2, 0) is 11.2 Å². The van der Waals surface area contributed by atoms with Gasteiger partial charge in [-0.25, -0.2) is 0 Å². The predicted octanol–water partition coefficient (Wildman–Crippen LogP) is 4.06. The Morgan fingerprint density at radius 1 is 1.27 bits per heavy atom. The molecule has 0 bridgehead atoms. The number of benzene rings is 1. The van der Waals surface area contributed by atoms with Gasteiger partial charge in [0, 0.05) is 22.6 Å². The lowest BCUT2D eigenvalue weighted by Gasteiger charge is -2.23. The van der Waals surface area contributed by atoms with E-state index in [0.29, 0.717) is 18.1 Å². The number of aryl methyl sites for hydroxylation is 1. The van der Waals surface area contributed by atoms with E-state index in [4.69, 9.17) is 4.74 Å². The molecular formula is C19H18F3NO3. The van der Waals surface area contributed by atoms with E-state index in [2.05, 4.69) is 0 Å². The molecule has 1 aliphatic rings. The molecule has 0 saturated carbocycles. The predicted molar refractivity (Wildman–Crippen MR) is 88.9 cm³/mol. The Labute approximate surface area is 148 Å². The van der Waals surface area contributed by atoms with Gasteiger partial charge >= 0.3 is 6.18 Å². The third-order valence-corrected chi connectivity index (χ3v) is 4.54. The van der Waals surface area contributed by atoms with Gasteiger partial charge in [-0.2, -0.15) is 13.2 Å². The van der Waals surface area contributed by atoms with Gasteiger partial charge < -0.3 is 9.30 Å². The molecular weight excluding hydrogens is 347 g/mol. The fourth-order valence-electron chi connectivity index (χ4n) is 3.42. The van der Waals surface area contributed by atoms with Crippen LogP contribution in [-0.4, -0.2) is 28.9 Å². The van der Waals surface area contributed by atoms with Gasteiger partial charge in [0.1, 0.15) is 5.75 Å². The Morgan fingerprint density at radius 3 is 2.50 bits per heavy atom. The largest absolute Gasteiger partial charge is 0.494 e. The Morgan fingerprint density at radius 2 is 1.92 bits per heavy atom. The number of alkyl halides is 3. The lowest BCUT2D eigenvalue weighted by Crippen LogP contribution is -2.38. The maximum Gasteiger partial charge on any atom is 0.450 e. The number of carbonyl (C=O) groups is 2. The second-order valence-electron chi connectivity index (χ2n) is 6.23. The van der Waals surface area contributed by atoms with Gasteiger partial charge in [0.25, 0.3) is 0 Å². The van der Waals surface area contributed by atoms with Crippen LogP contribution in [0.4, 0.5) is 13.2 Å². The van der Waals surface area contributed by atoms with Crippen molar-refractivity contribution in [3.05, 3.63) is 47.3 Å². The van der Waals surface area contributed by atoms with Gasteiger partial charge in [0.05, 0.1) is 12.5 Å². The van der Waals surface area contributed by atoms with Crippen LogP contribution >= 0.6 is 0 Å². The van der Waals surface area contributed by atoms with Crippen molar-refractivity contribution in [2.45, 2.75) is 32.9 Å². The van der Waals surface area contributed by atoms with Gasteiger partial charge in [-0.3, -0.25) is 9.59 Å². The van der Waals surface area contributed by atoms with Gasteiger partial charge in [0.2, 0.25) is 5.78 Å². The van der Waals surface area contributed by atoms with Crippen LogP contribution in [0.1, 0.15) is 35.1 Å². The Hall–Kier alpha value is -2.57. The van der Waals surface area contributed by atoms with Crippen molar-refractivity contribution in [3.63, 3.8) is 0 Å². The number of aromatic nitrogens is 1. The van der Waals surface area contributed by atoms with Crippen LogP contribution in [0.5, 0.6) is 5.75 Å². The summed E-state index contributed by atoms with van der Waals surface area (Å²) in [4.78, 5) is 24.0. The maximum atomic E-state index is 12.7. The molecule has 4 nitrogen and oxygen atoms in total. The van der Waals surface area contributed by atoms with Crippen molar-refractivity contribution in [2.75, 3.05) is 6.61 Å². The Balaban J connectivity index is 1.96. The number of ether oxygens (including phenoxy) is 1. The second-order valence-corrected chi connectivity index (χ2v) is 6.23. The second kappa shape index (κ2) is 6.63. The molecule has 7 heteroatoms. The Bertz CT molecular complexity index is 850. The van der Waals surface area contributed by atoms with Crippen LogP contribution in [0.2, 0.25) is 0 Å². The van der Waals surface area contributed by atoms with E-state index in [1.54, 1.807) is 25.1 Å². The highest BCUT2D eigenvalue weighted by Gasteiger charge is 2.48. The molecule has 3 rings (SSSR count). The molecule has 0 radical (unpaired) electrons. The summed E-state index contributed by atoms with van der Waals surface area (Å²) in [7, 11) is 0. The average molecular weight is 365 g/mol. The summed E-state index contributed by atoms with van der Waals surface area (Å²) >= 11 is 0. The molecule has 2 aromatic rings. The number of rotatable bonds is 4. The molecule has 1 atom stereocenters. The van der Waals surface area contributed by atoms with Crippen molar-refractivity contribution in [2.24, 2.45) is 5.92 Å². The van der Waals surface area contributed by atoms with Crippen LogP contribution < -0.4 is 4.74 Å². The summed E-state index contributed by atoms with van der Waals surface area (Å²) in [6, 6.07) is 8.81. The molecule has 0 aliphatic heterocycles. The number of hydrogen-bond acceptors (Lipinski definition) is 3. The van der Waals surface area contributed by atoms with E-state index < -0.39 is 23.7 Å². The summed E-state index contributed by atoms with van der Waals surface area (Å²) in [6.45, 7) is 4.20. The number of carbonyl (C=O) groups excluding carboxylic acids is 2. The van der Waals surface area contributed by atoms with Crippen LogP contribution in [0.3, 0.4) is 0 Å². The number of ketones is 2. The molecule has 0 spiro atoms. The molecule has 1 aliphatic carbocycles. The van der Waals surface area contributed by atoms with Crippen molar-refractivity contribution >= 4 is 11.6 Å². The summed E-state index contributed by atoms with van der Waals surface area (Å²) in [5.74, 6) is -3.64. The minimum Gasteiger partial charge on any atom is -0.494 e.